The lowest BCUT2D eigenvalue weighted by molar-refractivity contribution is -0.152. The molecule has 2 aliphatic carbocycles. The molecule has 2 aliphatic rings. The van der Waals surface area contributed by atoms with E-state index >= 15 is 0 Å². The van der Waals surface area contributed by atoms with Crippen LogP contribution in [0.1, 0.15) is 31.2 Å². The molecule has 3 heteroatoms. The maximum atomic E-state index is 12.0. The highest BCUT2D eigenvalue weighted by atomic mass is 16.4. The van der Waals surface area contributed by atoms with E-state index in [0.717, 1.165) is 35.7 Å². The molecule has 1 aromatic heterocycles. The van der Waals surface area contributed by atoms with Crippen molar-refractivity contribution < 1.29 is 9.90 Å². The van der Waals surface area contributed by atoms with Gasteiger partial charge in [-0.1, -0.05) is 30.7 Å². The predicted octanol–water partition coefficient (Wildman–Crippen LogP) is 3.67. The van der Waals surface area contributed by atoms with Crippen LogP contribution in [-0.4, -0.2) is 16.1 Å². The number of para-hydroxylation sites is 1. The molecule has 0 saturated heterocycles. The zero-order chi connectivity index (χ0) is 14.4. The molecule has 21 heavy (non-hydrogen) atoms. The van der Waals surface area contributed by atoms with Gasteiger partial charge in [0.1, 0.15) is 0 Å². The van der Waals surface area contributed by atoms with Crippen molar-refractivity contribution in [3.8, 4) is 0 Å². The molecule has 3 atom stereocenters. The van der Waals surface area contributed by atoms with E-state index in [-0.39, 0.29) is 0 Å². The van der Waals surface area contributed by atoms with Crippen molar-refractivity contribution in [1.82, 2.24) is 4.98 Å². The van der Waals surface area contributed by atoms with Crippen LogP contribution in [0, 0.1) is 17.3 Å². The monoisotopic (exact) mass is 281 g/mol. The van der Waals surface area contributed by atoms with Crippen molar-refractivity contribution in [3.63, 3.8) is 0 Å². The summed E-state index contributed by atoms with van der Waals surface area (Å²) in [6, 6.07) is 10.1. The molecule has 1 N–H and O–H groups in total. The van der Waals surface area contributed by atoms with Crippen molar-refractivity contribution in [1.29, 1.82) is 0 Å². The van der Waals surface area contributed by atoms with E-state index < -0.39 is 11.4 Å². The Labute approximate surface area is 124 Å². The van der Waals surface area contributed by atoms with Crippen molar-refractivity contribution in [2.75, 3.05) is 0 Å². The standard InChI is InChI=1S/C18H19NO2/c20-17(21)18(10-12-6-7-15(18)9-12)11-14-4-1-3-13-5-2-8-19-16(13)14/h1-5,8,12,15H,6-7,9-11H2,(H,20,21). The van der Waals surface area contributed by atoms with Gasteiger partial charge in [-0.15, -0.1) is 0 Å². The predicted molar refractivity (Wildman–Crippen MR) is 81.0 cm³/mol. The first kappa shape index (κ1) is 12.8. The quantitative estimate of drug-likeness (QED) is 0.934. The van der Waals surface area contributed by atoms with Crippen LogP contribution in [0.2, 0.25) is 0 Å². The maximum Gasteiger partial charge on any atom is 0.310 e. The molecule has 2 aromatic rings. The number of carboxylic acids is 1. The van der Waals surface area contributed by atoms with E-state index in [2.05, 4.69) is 4.98 Å². The molecule has 0 spiro atoms. The van der Waals surface area contributed by atoms with Crippen LogP contribution in [0.5, 0.6) is 0 Å². The first-order valence-corrected chi connectivity index (χ1v) is 7.75. The van der Waals surface area contributed by atoms with Crippen LogP contribution in [0.4, 0.5) is 0 Å². The van der Waals surface area contributed by atoms with Gasteiger partial charge in [-0.05, 0) is 49.1 Å². The molecule has 3 unspecified atom stereocenters. The molecule has 4 rings (SSSR count). The molecule has 108 valence electrons. The summed E-state index contributed by atoms with van der Waals surface area (Å²) >= 11 is 0. The zero-order valence-electron chi connectivity index (χ0n) is 12.0. The molecule has 0 aliphatic heterocycles. The number of carboxylic acid groups (broad SMARTS) is 1. The van der Waals surface area contributed by atoms with Gasteiger partial charge in [0.25, 0.3) is 0 Å². The highest BCUT2D eigenvalue weighted by Crippen LogP contribution is 2.57. The summed E-state index contributed by atoms with van der Waals surface area (Å²) in [7, 11) is 0. The second kappa shape index (κ2) is 4.55. The average Bonchev–Trinajstić information content (AvgIpc) is 3.09. The van der Waals surface area contributed by atoms with Crippen LogP contribution in [0.15, 0.2) is 36.5 Å². The highest BCUT2D eigenvalue weighted by molar-refractivity contribution is 5.83. The Balaban J connectivity index is 1.78. The van der Waals surface area contributed by atoms with Crippen LogP contribution >= 0.6 is 0 Å². The normalized spacial score (nSPS) is 30.9. The van der Waals surface area contributed by atoms with Crippen LogP contribution < -0.4 is 0 Å². The van der Waals surface area contributed by atoms with Crippen molar-refractivity contribution >= 4 is 16.9 Å². The zero-order valence-corrected chi connectivity index (χ0v) is 12.0. The van der Waals surface area contributed by atoms with E-state index in [1.807, 2.05) is 30.3 Å². The van der Waals surface area contributed by atoms with E-state index in [0.29, 0.717) is 18.3 Å². The van der Waals surface area contributed by atoms with Gasteiger partial charge >= 0.3 is 5.97 Å². The van der Waals surface area contributed by atoms with E-state index in [9.17, 15) is 9.90 Å². The fourth-order valence-corrected chi connectivity index (χ4v) is 4.65. The minimum atomic E-state index is -0.609. The molecular formula is C18H19NO2. The first-order chi connectivity index (χ1) is 10.2. The highest BCUT2D eigenvalue weighted by Gasteiger charge is 2.55. The minimum absolute atomic E-state index is 0.346. The Morgan fingerprint density at radius 2 is 2.14 bits per heavy atom. The number of benzene rings is 1. The molecule has 0 amide bonds. The van der Waals surface area contributed by atoms with Gasteiger partial charge in [0.05, 0.1) is 10.9 Å². The third-order valence-corrected chi connectivity index (χ3v) is 5.62. The van der Waals surface area contributed by atoms with Gasteiger partial charge < -0.3 is 5.11 Å². The van der Waals surface area contributed by atoms with Gasteiger partial charge in [-0.2, -0.15) is 0 Å². The van der Waals surface area contributed by atoms with E-state index in [1.54, 1.807) is 6.20 Å². The third kappa shape index (κ3) is 1.87. The molecule has 1 aromatic carbocycles. The molecule has 2 fully saturated rings. The molecular weight excluding hydrogens is 262 g/mol. The SMILES string of the molecule is O=C(O)C1(Cc2cccc3cccnc23)CC2CCC1C2. The molecule has 3 nitrogen and oxygen atoms in total. The number of rotatable bonds is 3. The Kier molecular flexibility index (Phi) is 2.78. The number of pyridine rings is 1. The second-order valence-corrected chi connectivity index (χ2v) is 6.71. The number of carbonyl (C=O) groups is 1. The summed E-state index contributed by atoms with van der Waals surface area (Å²) < 4.78 is 0. The van der Waals surface area contributed by atoms with Gasteiger partial charge in [0, 0.05) is 11.6 Å². The third-order valence-electron chi connectivity index (χ3n) is 5.62. The Morgan fingerprint density at radius 3 is 2.86 bits per heavy atom. The second-order valence-electron chi connectivity index (χ2n) is 6.71. The molecule has 2 bridgehead atoms. The van der Waals surface area contributed by atoms with Crippen molar-refractivity contribution in [2.24, 2.45) is 17.3 Å². The van der Waals surface area contributed by atoms with Crippen LogP contribution in [0.3, 0.4) is 0 Å². The molecule has 0 radical (unpaired) electrons. The lowest BCUT2D eigenvalue weighted by Gasteiger charge is -2.33. The van der Waals surface area contributed by atoms with Crippen molar-refractivity contribution in [3.05, 3.63) is 42.1 Å². The number of aliphatic carboxylic acids is 1. The van der Waals surface area contributed by atoms with Gasteiger partial charge in [-0.3, -0.25) is 9.78 Å². The Hall–Kier alpha value is -1.90. The average molecular weight is 281 g/mol. The topological polar surface area (TPSA) is 50.2 Å². The molecule has 1 heterocycles. The van der Waals surface area contributed by atoms with Gasteiger partial charge in [0.15, 0.2) is 0 Å². The van der Waals surface area contributed by atoms with Gasteiger partial charge in [0.2, 0.25) is 0 Å². The van der Waals surface area contributed by atoms with E-state index in [1.165, 1.54) is 6.42 Å². The summed E-state index contributed by atoms with van der Waals surface area (Å²) in [4.78, 5) is 16.5. The number of hydrogen-bond acceptors (Lipinski definition) is 2. The lowest BCUT2D eigenvalue weighted by atomic mass is 9.69. The molecule has 2 saturated carbocycles. The largest absolute Gasteiger partial charge is 0.481 e. The fraction of sp³-hybridized carbons (Fsp3) is 0.444. The first-order valence-electron chi connectivity index (χ1n) is 7.75. The van der Waals surface area contributed by atoms with Crippen LogP contribution in [0.25, 0.3) is 10.9 Å². The summed E-state index contributed by atoms with van der Waals surface area (Å²) in [5.41, 5.74) is 1.49. The van der Waals surface area contributed by atoms with E-state index in [4.69, 9.17) is 0 Å². The Bertz CT molecular complexity index is 706. The summed E-state index contributed by atoms with van der Waals surface area (Å²) in [5.74, 6) is 0.357. The lowest BCUT2D eigenvalue weighted by Crippen LogP contribution is -2.38. The van der Waals surface area contributed by atoms with Crippen LogP contribution in [-0.2, 0) is 11.2 Å². The number of fused-ring (bicyclic) bond motifs is 3. The number of hydrogen-bond donors (Lipinski definition) is 1. The number of nitrogens with zero attached hydrogens (tertiary/aromatic N) is 1. The maximum absolute atomic E-state index is 12.0. The minimum Gasteiger partial charge on any atom is -0.481 e. The smallest absolute Gasteiger partial charge is 0.310 e. The fourth-order valence-electron chi connectivity index (χ4n) is 4.65. The summed E-state index contributed by atoms with van der Waals surface area (Å²) in [5, 5.41) is 11.0. The number of aromatic nitrogens is 1. The Morgan fingerprint density at radius 1 is 1.29 bits per heavy atom. The van der Waals surface area contributed by atoms with Crippen molar-refractivity contribution in [2.45, 2.75) is 32.1 Å². The summed E-state index contributed by atoms with van der Waals surface area (Å²) in [6.07, 6.45) is 6.65. The van der Waals surface area contributed by atoms with Gasteiger partial charge in [-0.25, -0.2) is 0 Å². The summed E-state index contributed by atoms with van der Waals surface area (Å²) in [6.45, 7) is 0.